The second-order valence-electron chi connectivity index (χ2n) is 5.57. The first-order chi connectivity index (χ1) is 8.69. The van der Waals surface area contributed by atoms with Crippen LogP contribution in [-0.2, 0) is 4.74 Å². The van der Waals surface area contributed by atoms with Crippen LogP contribution in [0.3, 0.4) is 0 Å². The number of aromatic nitrogens is 2. The van der Waals surface area contributed by atoms with Gasteiger partial charge < -0.3 is 4.74 Å². The van der Waals surface area contributed by atoms with Gasteiger partial charge in [0.05, 0.1) is 11.0 Å². The summed E-state index contributed by atoms with van der Waals surface area (Å²) in [5.74, 6) is 0.630. The first-order valence-electron chi connectivity index (χ1n) is 6.07. The molecular formula is C14H17BrN2O2. The fraction of sp³-hybridized carbons (Fsp3) is 0.429. The molecule has 0 unspecified atom stereocenters. The van der Waals surface area contributed by atoms with E-state index in [4.69, 9.17) is 4.74 Å². The normalized spacial score (nSPS) is 11.9. The van der Waals surface area contributed by atoms with Crippen LogP contribution in [0.25, 0.3) is 11.0 Å². The highest BCUT2D eigenvalue weighted by Crippen LogP contribution is 2.25. The van der Waals surface area contributed by atoms with Gasteiger partial charge >= 0.3 is 6.09 Å². The van der Waals surface area contributed by atoms with Gasteiger partial charge in [0.2, 0.25) is 0 Å². The van der Waals surface area contributed by atoms with Crippen molar-refractivity contribution in [3.05, 3.63) is 28.0 Å². The summed E-state index contributed by atoms with van der Waals surface area (Å²) >= 11 is 3.44. The molecule has 19 heavy (non-hydrogen) atoms. The second kappa shape index (κ2) is 4.63. The smallest absolute Gasteiger partial charge is 0.420 e. The zero-order chi connectivity index (χ0) is 14.4. The van der Waals surface area contributed by atoms with Crippen molar-refractivity contribution < 1.29 is 9.53 Å². The van der Waals surface area contributed by atoms with E-state index in [1.807, 2.05) is 39.8 Å². The van der Waals surface area contributed by atoms with Crippen molar-refractivity contribution in [3.63, 3.8) is 0 Å². The van der Waals surface area contributed by atoms with E-state index in [9.17, 15) is 4.79 Å². The van der Waals surface area contributed by atoms with E-state index in [1.165, 1.54) is 4.57 Å². The number of carbonyl (C=O) groups excluding carboxylic acids is 1. The number of aryl methyl sites for hydroxylation is 2. The third-order valence-corrected chi connectivity index (χ3v) is 3.12. The number of carbonyl (C=O) groups is 1. The first kappa shape index (κ1) is 14.1. The van der Waals surface area contributed by atoms with Crippen molar-refractivity contribution in [1.29, 1.82) is 0 Å². The van der Waals surface area contributed by atoms with E-state index in [1.54, 1.807) is 6.92 Å². The van der Waals surface area contributed by atoms with Gasteiger partial charge in [0.25, 0.3) is 0 Å². The Balaban J connectivity index is 2.60. The lowest BCUT2D eigenvalue weighted by molar-refractivity contribution is 0.0540. The van der Waals surface area contributed by atoms with Crippen LogP contribution in [0.2, 0.25) is 0 Å². The molecule has 2 aromatic rings. The van der Waals surface area contributed by atoms with Gasteiger partial charge in [-0.25, -0.2) is 14.3 Å². The van der Waals surface area contributed by atoms with Gasteiger partial charge in [0.15, 0.2) is 0 Å². The Bertz CT molecular complexity index is 653. The molecular weight excluding hydrogens is 308 g/mol. The van der Waals surface area contributed by atoms with Crippen molar-refractivity contribution in [2.24, 2.45) is 0 Å². The van der Waals surface area contributed by atoms with Crippen LogP contribution in [0, 0.1) is 13.8 Å². The zero-order valence-corrected chi connectivity index (χ0v) is 13.3. The van der Waals surface area contributed by atoms with E-state index >= 15 is 0 Å². The molecule has 0 saturated carbocycles. The quantitative estimate of drug-likeness (QED) is 0.729. The molecule has 1 aromatic heterocycles. The topological polar surface area (TPSA) is 44.1 Å². The predicted molar refractivity (Wildman–Crippen MR) is 78.5 cm³/mol. The van der Waals surface area contributed by atoms with Gasteiger partial charge in [-0.2, -0.15) is 0 Å². The highest BCUT2D eigenvalue weighted by Gasteiger charge is 2.22. The number of nitrogens with zero attached hydrogens (tertiary/aromatic N) is 2. The third-order valence-electron chi connectivity index (χ3n) is 2.66. The van der Waals surface area contributed by atoms with Crippen LogP contribution in [0.5, 0.6) is 0 Å². The monoisotopic (exact) mass is 324 g/mol. The standard InChI is InChI=1S/C14H17BrN2O2/c1-8-6-10(15)7-11-12(8)16-9(2)17(11)13(18)19-14(3,4)5/h6-7H,1-5H3. The van der Waals surface area contributed by atoms with E-state index in [0.29, 0.717) is 5.82 Å². The molecule has 0 radical (unpaired) electrons. The van der Waals surface area contributed by atoms with Crippen molar-refractivity contribution in [3.8, 4) is 0 Å². The molecule has 0 fully saturated rings. The van der Waals surface area contributed by atoms with Gasteiger partial charge in [-0.15, -0.1) is 0 Å². The van der Waals surface area contributed by atoms with Crippen molar-refractivity contribution in [2.45, 2.75) is 40.2 Å². The molecule has 0 bridgehead atoms. The van der Waals surface area contributed by atoms with Crippen LogP contribution >= 0.6 is 15.9 Å². The number of ether oxygens (including phenoxy) is 1. The summed E-state index contributed by atoms with van der Waals surface area (Å²) in [5, 5.41) is 0. The Labute approximate surface area is 120 Å². The molecule has 0 saturated heterocycles. The van der Waals surface area contributed by atoms with E-state index < -0.39 is 11.7 Å². The Morgan fingerprint density at radius 3 is 2.53 bits per heavy atom. The van der Waals surface area contributed by atoms with Gasteiger partial charge in [-0.1, -0.05) is 15.9 Å². The van der Waals surface area contributed by atoms with Crippen LogP contribution in [-0.4, -0.2) is 21.2 Å². The average molecular weight is 325 g/mol. The summed E-state index contributed by atoms with van der Waals surface area (Å²) in [4.78, 5) is 16.7. The molecule has 0 aliphatic rings. The highest BCUT2D eigenvalue weighted by molar-refractivity contribution is 9.10. The fourth-order valence-corrected chi connectivity index (χ4v) is 2.52. The molecule has 0 aliphatic heterocycles. The van der Waals surface area contributed by atoms with Crippen LogP contribution in [0.4, 0.5) is 4.79 Å². The predicted octanol–water partition coefficient (Wildman–Crippen LogP) is 4.20. The Hall–Kier alpha value is -1.36. The van der Waals surface area contributed by atoms with Crippen LogP contribution in [0.15, 0.2) is 16.6 Å². The molecule has 1 aromatic carbocycles. The SMILES string of the molecule is Cc1cc(Br)cc2c1nc(C)n2C(=O)OC(C)(C)C. The summed E-state index contributed by atoms with van der Waals surface area (Å²) in [5.41, 5.74) is 2.08. The number of halogens is 1. The minimum Gasteiger partial charge on any atom is -0.443 e. The molecule has 0 aliphatic carbocycles. The van der Waals surface area contributed by atoms with Gasteiger partial charge in [-0.3, -0.25) is 0 Å². The maximum atomic E-state index is 12.3. The second-order valence-corrected chi connectivity index (χ2v) is 6.48. The minimum atomic E-state index is -0.527. The lowest BCUT2D eigenvalue weighted by atomic mass is 10.2. The molecule has 5 heteroatoms. The first-order valence-corrected chi connectivity index (χ1v) is 6.87. The van der Waals surface area contributed by atoms with Gasteiger partial charge in [0.1, 0.15) is 11.4 Å². The van der Waals surface area contributed by atoms with Gasteiger partial charge in [0, 0.05) is 4.47 Å². The molecule has 0 atom stereocenters. The average Bonchev–Trinajstić information content (AvgIpc) is 2.52. The summed E-state index contributed by atoms with van der Waals surface area (Å²) in [6.07, 6.45) is -0.398. The third kappa shape index (κ3) is 2.81. The van der Waals surface area contributed by atoms with Crippen molar-refractivity contribution in [1.82, 2.24) is 9.55 Å². The Morgan fingerprint density at radius 2 is 1.95 bits per heavy atom. The number of rotatable bonds is 0. The van der Waals surface area contributed by atoms with Crippen molar-refractivity contribution >= 4 is 33.1 Å². The Morgan fingerprint density at radius 1 is 1.32 bits per heavy atom. The van der Waals surface area contributed by atoms with E-state index in [2.05, 4.69) is 20.9 Å². The lowest BCUT2D eigenvalue weighted by Gasteiger charge is -2.20. The maximum Gasteiger partial charge on any atom is 0.420 e. The number of imidazole rings is 1. The van der Waals surface area contributed by atoms with Crippen molar-refractivity contribution in [2.75, 3.05) is 0 Å². The lowest BCUT2D eigenvalue weighted by Crippen LogP contribution is -2.27. The number of benzene rings is 1. The van der Waals surface area contributed by atoms with Crippen LogP contribution < -0.4 is 0 Å². The summed E-state index contributed by atoms with van der Waals surface area (Å²) < 4.78 is 7.85. The summed E-state index contributed by atoms with van der Waals surface area (Å²) in [6, 6.07) is 3.86. The zero-order valence-electron chi connectivity index (χ0n) is 11.7. The van der Waals surface area contributed by atoms with Gasteiger partial charge in [-0.05, 0) is 52.3 Å². The van der Waals surface area contributed by atoms with E-state index in [0.717, 1.165) is 21.1 Å². The number of hydrogen-bond donors (Lipinski definition) is 0. The molecule has 0 spiro atoms. The van der Waals surface area contributed by atoms with E-state index in [-0.39, 0.29) is 0 Å². The molecule has 1 heterocycles. The number of hydrogen-bond acceptors (Lipinski definition) is 3. The molecule has 0 N–H and O–H groups in total. The number of fused-ring (bicyclic) bond motifs is 1. The molecule has 0 amide bonds. The fourth-order valence-electron chi connectivity index (χ4n) is 1.96. The molecule has 2 rings (SSSR count). The highest BCUT2D eigenvalue weighted by atomic mass is 79.9. The Kier molecular flexibility index (Phi) is 3.43. The molecule has 4 nitrogen and oxygen atoms in total. The summed E-state index contributed by atoms with van der Waals surface area (Å²) in [7, 11) is 0. The largest absolute Gasteiger partial charge is 0.443 e. The molecule has 102 valence electrons. The maximum absolute atomic E-state index is 12.3. The summed E-state index contributed by atoms with van der Waals surface area (Å²) in [6.45, 7) is 9.32. The minimum absolute atomic E-state index is 0.398. The van der Waals surface area contributed by atoms with Crippen LogP contribution in [0.1, 0.15) is 32.2 Å².